The third-order valence-electron chi connectivity index (χ3n) is 2.83. The summed E-state index contributed by atoms with van der Waals surface area (Å²) in [4.78, 5) is 0. The van der Waals surface area contributed by atoms with Crippen molar-refractivity contribution in [2.24, 2.45) is 5.73 Å². The first-order valence-electron chi connectivity index (χ1n) is 5.04. The molecule has 72 valence electrons. The van der Waals surface area contributed by atoms with E-state index < -0.39 is 0 Å². The number of nitrogens with one attached hydrogen (secondary N) is 1. The molecule has 3 N–H and O–H groups in total. The Kier molecular flexibility index (Phi) is 2.12. The number of nitrogens with zero attached hydrogens (tertiary/aromatic N) is 1. The van der Waals surface area contributed by atoms with Crippen LogP contribution in [0, 0.1) is 0 Å². The SMILES string of the molecule is CCc1cc(CCC2(N)CC2)[nH]n1. The first-order chi connectivity index (χ1) is 6.22. The number of H-pyrrole nitrogens is 1. The molecule has 0 aliphatic heterocycles. The lowest BCUT2D eigenvalue weighted by atomic mass is 10.1. The van der Waals surface area contributed by atoms with Crippen molar-refractivity contribution in [3.63, 3.8) is 0 Å². The van der Waals surface area contributed by atoms with Crippen LogP contribution in [0.2, 0.25) is 0 Å². The van der Waals surface area contributed by atoms with Crippen LogP contribution in [0.5, 0.6) is 0 Å². The quantitative estimate of drug-likeness (QED) is 0.734. The standard InChI is InChI=1S/C10H17N3/c1-2-8-7-9(13-12-8)3-4-10(11)5-6-10/h7H,2-6,11H2,1H3,(H,12,13). The number of nitrogens with two attached hydrogens (primary N) is 1. The maximum atomic E-state index is 6.00. The van der Waals surface area contributed by atoms with Crippen LogP contribution < -0.4 is 5.73 Å². The molecule has 13 heavy (non-hydrogen) atoms. The fourth-order valence-electron chi connectivity index (χ4n) is 1.51. The Morgan fingerprint density at radius 2 is 2.38 bits per heavy atom. The number of hydrogen-bond donors (Lipinski definition) is 2. The van der Waals surface area contributed by atoms with E-state index in [0.29, 0.717) is 0 Å². The third-order valence-corrected chi connectivity index (χ3v) is 2.83. The van der Waals surface area contributed by atoms with E-state index >= 15 is 0 Å². The Balaban J connectivity index is 1.87. The van der Waals surface area contributed by atoms with Crippen molar-refractivity contribution in [2.75, 3.05) is 0 Å². The van der Waals surface area contributed by atoms with Gasteiger partial charge in [-0.3, -0.25) is 5.10 Å². The monoisotopic (exact) mass is 179 g/mol. The minimum Gasteiger partial charge on any atom is -0.325 e. The molecule has 0 unspecified atom stereocenters. The van der Waals surface area contributed by atoms with E-state index in [1.165, 1.54) is 18.5 Å². The molecule has 0 amide bonds. The summed E-state index contributed by atoms with van der Waals surface area (Å²) in [5, 5.41) is 7.24. The Labute approximate surface area is 78.7 Å². The molecule has 0 spiro atoms. The van der Waals surface area contributed by atoms with Crippen LogP contribution in [-0.4, -0.2) is 15.7 Å². The molecule has 3 nitrogen and oxygen atoms in total. The maximum Gasteiger partial charge on any atom is 0.0622 e. The maximum absolute atomic E-state index is 6.00. The highest BCUT2D eigenvalue weighted by molar-refractivity contribution is 5.10. The average Bonchev–Trinajstić information content (AvgIpc) is 2.69. The van der Waals surface area contributed by atoms with Gasteiger partial charge < -0.3 is 5.73 Å². The predicted molar refractivity (Wildman–Crippen MR) is 52.4 cm³/mol. The molecule has 0 atom stereocenters. The fourth-order valence-corrected chi connectivity index (χ4v) is 1.51. The van der Waals surface area contributed by atoms with Crippen LogP contribution in [0.25, 0.3) is 0 Å². The van der Waals surface area contributed by atoms with Gasteiger partial charge in [-0.1, -0.05) is 6.92 Å². The molecule has 0 saturated heterocycles. The van der Waals surface area contributed by atoms with Crippen molar-refractivity contribution >= 4 is 0 Å². The van der Waals surface area contributed by atoms with Gasteiger partial charge in [0.1, 0.15) is 0 Å². The van der Waals surface area contributed by atoms with Gasteiger partial charge >= 0.3 is 0 Å². The van der Waals surface area contributed by atoms with Crippen molar-refractivity contribution in [3.05, 3.63) is 17.5 Å². The van der Waals surface area contributed by atoms with Gasteiger partial charge in [0.05, 0.1) is 5.69 Å². The summed E-state index contributed by atoms with van der Waals surface area (Å²) in [5.74, 6) is 0. The molecular weight excluding hydrogens is 162 g/mol. The van der Waals surface area contributed by atoms with Crippen molar-refractivity contribution in [2.45, 2.75) is 44.6 Å². The highest BCUT2D eigenvalue weighted by Crippen LogP contribution is 2.36. The lowest BCUT2D eigenvalue weighted by Crippen LogP contribution is -2.22. The lowest BCUT2D eigenvalue weighted by molar-refractivity contribution is 0.602. The van der Waals surface area contributed by atoms with E-state index in [9.17, 15) is 0 Å². The molecule has 0 aromatic carbocycles. The van der Waals surface area contributed by atoms with Crippen molar-refractivity contribution in [1.82, 2.24) is 10.2 Å². The van der Waals surface area contributed by atoms with Gasteiger partial charge in [-0.25, -0.2) is 0 Å². The van der Waals surface area contributed by atoms with E-state index in [1.54, 1.807) is 0 Å². The normalized spacial score (nSPS) is 18.9. The molecule has 1 aromatic heterocycles. The van der Waals surface area contributed by atoms with Crippen LogP contribution in [0.4, 0.5) is 0 Å². The van der Waals surface area contributed by atoms with Crippen molar-refractivity contribution < 1.29 is 0 Å². The average molecular weight is 179 g/mol. The van der Waals surface area contributed by atoms with Crippen molar-refractivity contribution in [1.29, 1.82) is 0 Å². The zero-order valence-corrected chi connectivity index (χ0v) is 8.14. The summed E-state index contributed by atoms with van der Waals surface area (Å²) in [5.41, 5.74) is 8.54. The van der Waals surface area contributed by atoms with E-state index in [0.717, 1.165) is 25.0 Å². The Hall–Kier alpha value is -0.830. The zero-order chi connectivity index (χ0) is 9.31. The van der Waals surface area contributed by atoms with Gasteiger partial charge in [-0.05, 0) is 38.2 Å². The van der Waals surface area contributed by atoms with Gasteiger partial charge in [-0.15, -0.1) is 0 Å². The van der Waals surface area contributed by atoms with E-state index in [2.05, 4.69) is 23.2 Å². The summed E-state index contributed by atoms with van der Waals surface area (Å²) >= 11 is 0. The van der Waals surface area contributed by atoms with Crippen LogP contribution in [0.15, 0.2) is 6.07 Å². The van der Waals surface area contributed by atoms with E-state index in [1.807, 2.05) is 0 Å². The van der Waals surface area contributed by atoms with Gasteiger partial charge in [0.25, 0.3) is 0 Å². The Morgan fingerprint density at radius 1 is 1.62 bits per heavy atom. The first-order valence-corrected chi connectivity index (χ1v) is 5.04. The molecule has 2 rings (SSSR count). The first kappa shape index (κ1) is 8.75. The molecule has 1 aromatic rings. The Morgan fingerprint density at radius 3 is 2.92 bits per heavy atom. The van der Waals surface area contributed by atoms with Crippen LogP contribution in [-0.2, 0) is 12.8 Å². The fraction of sp³-hybridized carbons (Fsp3) is 0.700. The molecule has 1 saturated carbocycles. The van der Waals surface area contributed by atoms with Crippen molar-refractivity contribution in [3.8, 4) is 0 Å². The number of aryl methyl sites for hydroxylation is 2. The second-order valence-electron chi connectivity index (χ2n) is 4.10. The van der Waals surface area contributed by atoms with E-state index in [4.69, 9.17) is 5.73 Å². The molecule has 1 heterocycles. The van der Waals surface area contributed by atoms with E-state index in [-0.39, 0.29) is 5.54 Å². The zero-order valence-electron chi connectivity index (χ0n) is 8.14. The van der Waals surface area contributed by atoms with Gasteiger partial charge in [0.15, 0.2) is 0 Å². The minimum absolute atomic E-state index is 0.164. The highest BCUT2D eigenvalue weighted by atomic mass is 15.1. The lowest BCUT2D eigenvalue weighted by Gasteiger charge is -2.05. The highest BCUT2D eigenvalue weighted by Gasteiger charge is 2.37. The largest absolute Gasteiger partial charge is 0.325 e. The second-order valence-corrected chi connectivity index (χ2v) is 4.10. The number of hydrogen-bond acceptors (Lipinski definition) is 2. The molecule has 0 radical (unpaired) electrons. The number of rotatable bonds is 4. The predicted octanol–water partition coefficient (Wildman–Crippen LogP) is 1.40. The summed E-state index contributed by atoms with van der Waals surface area (Å²) in [6.07, 6.45) is 5.54. The Bertz CT molecular complexity index is 286. The smallest absolute Gasteiger partial charge is 0.0622 e. The minimum atomic E-state index is 0.164. The molecule has 1 aliphatic carbocycles. The van der Waals surface area contributed by atoms with Gasteiger partial charge in [0, 0.05) is 11.2 Å². The van der Waals surface area contributed by atoms with Crippen LogP contribution >= 0.6 is 0 Å². The molecular formula is C10H17N3. The topological polar surface area (TPSA) is 54.7 Å². The van der Waals surface area contributed by atoms with Crippen LogP contribution in [0.1, 0.15) is 37.6 Å². The molecule has 1 aliphatic rings. The molecule has 0 bridgehead atoms. The third kappa shape index (κ3) is 2.10. The molecule has 3 heteroatoms. The van der Waals surface area contributed by atoms with Gasteiger partial charge in [0.2, 0.25) is 0 Å². The number of aromatic nitrogens is 2. The van der Waals surface area contributed by atoms with Crippen LogP contribution in [0.3, 0.4) is 0 Å². The van der Waals surface area contributed by atoms with Gasteiger partial charge in [-0.2, -0.15) is 5.10 Å². The second kappa shape index (κ2) is 3.14. The number of aromatic amines is 1. The summed E-state index contributed by atoms with van der Waals surface area (Å²) in [7, 11) is 0. The summed E-state index contributed by atoms with van der Waals surface area (Å²) in [6.45, 7) is 2.12. The summed E-state index contributed by atoms with van der Waals surface area (Å²) < 4.78 is 0. The molecule has 1 fully saturated rings. The summed E-state index contributed by atoms with van der Waals surface area (Å²) in [6, 6.07) is 2.14.